The maximum Gasteiger partial charge on any atom is 0.258 e. The summed E-state index contributed by atoms with van der Waals surface area (Å²) >= 11 is 9.07. The Labute approximate surface area is 211 Å². The number of amides is 1. The number of rotatable bonds is 6. The molecule has 0 unspecified atom stereocenters. The van der Waals surface area contributed by atoms with Gasteiger partial charge in [-0.15, -0.1) is 0 Å². The minimum atomic E-state index is -0.326. The molecule has 0 spiro atoms. The molecular formula is C26H20BrN5OS. The summed E-state index contributed by atoms with van der Waals surface area (Å²) in [6.45, 7) is 0.833. The number of carbonyl (C=O) groups is 1. The van der Waals surface area contributed by atoms with Crippen LogP contribution in [0.2, 0.25) is 0 Å². The van der Waals surface area contributed by atoms with Crippen molar-refractivity contribution < 1.29 is 4.79 Å². The highest BCUT2D eigenvalue weighted by Gasteiger charge is 2.18. The van der Waals surface area contributed by atoms with Gasteiger partial charge in [-0.3, -0.25) is 15.1 Å². The molecule has 8 heteroatoms. The van der Waals surface area contributed by atoms with Crippen LogP contribution in [0.15, 0.2) is 83.6 Å². The van der Waals surface area contributed by atoms with Crippen molar-refractivity contribution in [2.45, 2.75) is 13.0 Å². The molecule has 0 aliphatic heterocycles. The monoisotopic (exact) mass is 529 g/mol. The van der Waals surface area contributed by atoms with Gasteiger partial charge in [0, 0.05) is 40.9 Å². The van der Waals surface area contributed by atoms with Crippen LogP contribution < -0.4 is 5.32 Å². The van der Waals surface area contributed by atoms with Gasteiger partial charge in [0.2, 0.25) is 0 Å². The lowest BCUT2D eigenvalue weighted by Crippen LogP contribution is -2.42. The van der Waals surface area contributed by atoms with E-state index in [0.29, 0.717) is 29.9 Å². The highest BCUT2D eigenvalue weighted by atomic mass is 79.9. The summed E-state index contributed by atoms with van der Waals surface area (Å²) in [6.07, 6.45) is 3.71. The molecule has 2 heterocycles. The number of fused-ring (bicyclic) bond motifs is 1. The molecule has 0 aliphatic rings. The van der Waals surface area contributed by atoms with Crippen molar-refractivity contribution in [3.05, 3.63) is 94.7 Å². The van der Waals surface area contributed by atoms with Gasteiger partial charge >= 0.3 is 0 Å². The zero-order chi connectivity index (χ0) is 23.9. The Hall–Kier alpha value is -3.67. The highest BCUT2D eigenvalue weighted by molar-refractivity contribution is 9.10. The maximum atomic E-state index is 13.4. The second kappa shape index (κ2) is 11.0. The summed E-state index contributed by atoms with van der Waals surface area (Å²) in [4.78, 5) is 24.1. The first-order chi connectivity index (χ1) is 16.5. The number of benzene rings is 2. The van der Waals surface area contributed by atoms with Gasteiger partial charge < -0.3 is 4.90 Å². The van der Waals surface area contributed by atoms with Crippen molar-refractivity contribution in [1.29, 1.82) is 5.26 Å². The molecule has 0 saturated heterocycles. The van der Waals surface area contributed by atoms with E-state index in [9.17, 15) is 4.79 Å². The summed E-state index contributed by atoms with van der Waals surface area (Å²) in [5.74, 6) is -0.326. The molecule has 0 radical (unpaired) electrons. The summed E-state index contributed by atoms with van der Waals surface area (Å²) in [6, 6.07) is 23.0. The summed E-state index contributed by atoms with van der Waals surface area (Å²) in [5, 5.41) is 12.9. The van der Waals surface area contributed by atoms with E-state index >= 15 is 0 Å². The Morgan fingerprint density at radius 1 is 1.12 bits per heavy atom. The number of pyridine rings is 2. The standard InChI is InChI=1S/C26H20BrN5OS/c27-20-8-3-7-19(14-20)24-15-22(21-9-1-2-10-23(21)30-24)25(33)31-26(34)32(13-5-11-28)17-18-6-4-12-29-16-18/h1-4,6-10,12,14-16H,5,13,17H2,(H,31,33,34). The number of nitrogens with one attached hydrogen (secondary N) is 1. The van der Waals surface area contributed by atoms with Crippen LogP contribution in [-0.2, 0) is 6.54 Å². The van der Waals surface area contributed by atoms with Crippen LogP contribution in [0, 0.1) is 11.3 Å². The number of hydrogen-bond acceptors (Lipinski definition) is 5. The van der Waals surface area contributed by atoms with E-state index < -0.39 is 0 Å². The number of halogens is 1. The average Bonchev–Trinajstić information content (AvgIpc) is 2.86. The van der Waals surface area contributed by atoms with Crippen LogP contribution in [0.1, 0.15) is 22.3 Å². The van der Waals surface area contributed by atoms with E-state index in [1.54, 1.807) is 23.4 Å². The molecule has 0 atom stereocenters. The molecule has 34 heavy (non-hydrogen) atoms. The Morgan fingerprint density at radius 3 is 2.74 bits per heavy atom. The van der Waals surface area contributed by atoms with Crippen LogP contribution in [0.4, 0.5) is 0 Å². The number of thiocarbonyl (C=S) groups is 1. The summed E-state index contributed by atoms with van der Waals surface area (Å²) < 4.78 is 0.927. The molecule has 2 aromatic carbocycles. The third kappa shape index (κ3) is 5.63. The molecule has 1 N–H and O–H groups in total. The lowest BCUT2D eigenvalue weighted by Gasteiger charge is -2.24. The topological polar surface area (TPSA) is 81.9 Å². The number of hydrogen-bond donors (Lipinski definition) is 1. The average molecular weight is 530 g/mol. The number of nitrogens with zero attached hydrogens (tertiary/aromatic N) is 4. The molecule has 168 valence electrons. The van der Waals surface area contributed by atoms with Crippen molar-refractivity contribution in [2.24, 2.45) is 0 Å². The Morgan fingerprint density at radius 2 is 1.97 bits per heavy atom. The minimum absolute atomic E-state index is 0.258. The fourth-order valence-corrected chi connectivity index (χ4v) is 4.20. The largest absolute Gasteiger partial charge is 0.344 e. The molecule has 0 fully saturated rings. The second-order valence-corrected chi connectivity index (χ2v) is 8.84. The molecule has 1 amide bonds. The maximum absolute atomic E-state index is 13.4. The van der Waals surface area contributed by atoms with E-state index in [1.165, 1.54) is 0 Å². The highest BCUT2D eigenvalue weighted by Crippen LogP contribution is 2.26. The third-order valence-electron chi connectivity index (χ3n) is 5.18. The molecule has 6 nitrogen and oxygen atoms in total. The molecule has 0 saturated carbocycles. The van der Waals surface area contributed by atoms with Gasteiger partial charge in [0.05, 0.1) is 29.3 Å². The summed E-state index contributed by atoms with van der Waals surface area (Å²) in [5.41, 5.74) is 3.71. The Balaban J connectivity index is 1.64. The van der Waals surface area contributed by atoms with Crippen LogP contribution >= 0.6 is 28.1 Å². The fourth-order valence-electron chi connectivity index (χ4n) is 3.55. The van der Waals surface area contributed by atoms with Crippen molar-refractivity contribution in [2.75, 3.05) is 6.54 Å². The smallest absolute Gasteiger partial charge is 0.258 e. The van der Waals surface area contributed by atoms with E-state index in [1.807, 2.05) is 60.7 Å². The molecule has 4 rings (SSSR count). The van der Waals surface area contributed by atoms with E-state index in [4.69, 9.17) is 22.5 Å². The van der Waals surface area contributed by atoms with Gasteiger partial charge in [-0.2, -0.15) is 5.26 Å². The van der Waals surface area contributed by atoms with Crippen LogP contribution in [0.3, 0.4) is 0 Å². The van der Waals surface area contributed by atoms with E-state index in [0.717, 1.165) is 21.0 Å². The zero-order valence-electron chi connectivity index (χ0n) is 18.1. The van der Waals surface area contributed by atoms with Crippen LogP contribution in [0.25, 0.3) is 22.2 Å². The number of aromatic nitrogens is 2. The molecule has 4 aromatic rings. The van der Waals surface area contributed by atoms with Gasteiger partial charge in [0.15, 0.2) is 5.11 Å². The quantitative estimate of drug-likeness (QED) is 0.332. The number of nitriles is 1. The van der Waals surface area contributed by atoms with E-state index in [2.05, 4.69) is 32.3 Å². The first-order valence-corrected chi connectivity index (χ1v) is 11.8. The van der Waals surface area contributed by atoms with Gasteiger partial charge in [-0.1, -0.05) is 52.3 Å². The first kappa shape index (κ1) is 23.5. The molecule has 2 aromatic heterocycles. The van der Waals surface area contributed by atoms with Crippen molar-refractivity contribution >= 4 is 50.1 Å². The number of para-hydroxylation sites is 1. The molecular weight excluding hydrogens is 510 g/mol. The van der Waals surface area contributed by atoms with Crippen molar-refractivity contribution in [3.8, 4) is 17.3 Å². The van der Waals surface area contributed by atoms with Gasteiger partial charge in [0.25, 0.3) is 5.91 Å². The van der Waals surface area contributed by atoms with Crippen LogP contribution in [0.5, 0.6) is 0 Å². The zero-order valence-corrected chi connectivity index (χ0v) is 20.5. The SMILES string of the molecule is N#CCCN(Cc1cccnc1)C(=S)NC(=O)c1cc(-c2cccc(Br)c2)nc2ccccc12. The lowest BCUT2D eigenvalue weighted by atomic mass is 10.0. The second-order valence-electron chi connectivity index (χ2n) is 7.53. The third-order valence-corrected chi connectivity index (χ3v) is 6.03. The van der Waals surface area contributed by atoms with Gasteiger partial charge in [0.1, 0.15) is 0 Å². The molecule has 0 bridgehead atoms. The van der Waals surface area contributed by atoms with Gasteiger partial charge in [-0.05, 0) is 48.1 Å². The first-order valence-electron chi connectivity index (χ1n) is 10.6. The van der Waals surface area contributed by atoms with E-state index in [-0.39, 0.29) is 17.4 Å². The van der Waals surface area contributed by atoms with Crippen molar-refractivity contribution in [3.63, 3.8) is 0 Å². The molecule has 0 aliphatic carbocycles. The van der Waals surface area contributed by atoms with Gasteiger partial charge in [-0.25, -0.2) is 4.98 Å². The number of carbonyl (C=O) groups excluding carboxylic acids is 1. The summed E-state index contributed by atoms with van der Waals surface area (Å²) in [7, 11) is 0. The van der Waals surface area contributed by atoms with Crippen LogP contribution in [-0.4, -0.2) is 32.4 Å². The lowest BCUT2D eigenvalue weighted by molar-refractivity contribution is 0.0974. The Kier molecular flexibility index (Phi) is 7.58. The predicted molar refractivity (Wildman–Crippen MR) is 140 cm³/mol. The fraction of sp³-hybridized carbons (Fsp3) is 0.115. The minimum Gasteiger partial charge on any atom is -0.344 e. The Bertz CT molecular complexity index is 1390. The predicted octanol–water partition coefficient (Wildman–Crippen LogP) is 5.49. The van der Waals surface area contributed by atoms with Crippen molar-refractivity contribution in [1.82, 2.24) is 20.2 Å². The normalized spacial score (nSPS) is 10.5.